The number of hydrogen-bond donors (Lipinski definition) is 2. The molecular weight excluding hydrogens is 364 g/mol. The average Bonchev–Trinajstić information content (AvgIpc) is 2.51. The molecule has 3 heteroatoms. The van der Waals surface area contributed by atoms with E-state index in [1.54, 1.807) is 0 Å². The van der Waals surface area contributed by atoms with Crippen LogP contribution in [-0.2, 0) is 6.42 Å². The van der Waals surface area contributed by atoms with Gasteiger partial charge in [0.25, 0.3) is 0 Å². The van der Waals surface area contributed by atoms with E-state index in [2.05, 4.69) is 36.4 Å². The fourth-order valence-corrected chi connectivity index (χ4v) is 4.43. The first kappa shape index (κ1) is 19.1. The van der Waals surface area contributed by atoms with Gasteiger partial charge >= 0.3 is 0 Å². The Balaban J connectivity index is 2.42. The third-order valence-electron chi connectivity index (χ3n) is 5.12. The molecule has 1 aliphatic carbocycles. The molecule has 2 atom stereocenters. The summed E-state index contributed by atoms with van der Waals surface area (Å²) in [5, 5.41) is 21.3. The standard InChI is InChI=1S/C21H29BrO2/c1-5-6-7-8-15-11-17(23)20(18(24)12-15)19-16(13(2)3)10-9-14(4)21(19)22/h11-12,16,19,23-24H,2,5-10H2,1,3-4H3/t16-,19?/m0/s1. The number of benzene rings is 1. The predicted octanol–water partition coefficient (Wildman–Crippen LogP) is 6.57. The number of hydrogen-bond acceptors (Lipinski definition) is 2. The van der Waals surface area contributed by atoms with E-state index < -0.39 is 0 Å². The number of allylic oxidation sites excluding steroid dienone is 3. The highest BCUT2D eigenvalue weighted by atomic mass is 79.9. The van der Waals surface area contributed by atoms with E-state index in [0.29, 0.717) is 5.56 Å². The summed E-state index contributed by atoms with van der Waals surface area (Å²) >= 11 is 3.72. The van der Waals surface area contributed by atoms with Gasteiger partial charge in [-0.3, -0.25) is 0 Å². The van der Waals surface area contributed by atoms with Crippen LogP contribution in [0.15, 0.2) is 34.3 Å². The van der Waals surface area contributed by atoms with E-state index in [-0.39, 0.29) is 23.3 Å². The molecule has 1 aromatic carbocycles. The highest BCUT2D eigenvalue weighted by Crippen LogP contribution is 2.51. The topological polar surface area (TPSA) is 40.5 Å². The molecule has 0 radical (unpaired) electrons. The van der Waals surface area contributed by atoms with Gasteiger partial charge in [0.1, 0.15) is 11.5 Å². The fourth-order valence-electron chi connectivity index (χ4n) is 3.68. The van der Waals surface area contributed by atoms with Gasteiger partial charge in [-0.05, 0) is 63.1 Å². The highest BCUT2D eigenvalue weighted by molar-refractivity contribution is 9.11. The Morgan fingerprint density at radius 3 is 2.42 bits per heavy atom. The second kappa shape index (κ2) is 8.24. The van der Waals surface area contributed by atoms with Crippen molar-refractivity contribution in [3.05, 3.63) is 45.5 Å². The Hall–Kier alpha value is -1.22. The third kappa shape index (κ3) is 4.05. The molecule has 1 aliphatic rings. The number of aromatic hydroxyl groups is 2. The highest BCUT2D eigenvalue weighted by Gasteiger charge is 2.34. The first-order valence-corrected chi connectivity index (χ1v) is 9.71. The van der Waals surface area contributed by atoms with Crippen LogP contribution in [0, 0.1) is 5.92 Å². The van der Waals surface area contributed by atoms with Gasteiger partial charge in [-0.1, -0.05) is 53.4 Å². The molecule has 2 rings (SSSR count). The molecule has 0 spiro atoms. The molecule has 0 saturated carbocycles. The van der Waals surface area contributed by atoms with Gasteiger partial charge in [-0.2, -0.15) is 0 Å². The summed E-state index contributed by atoms with van der Waals surface area (Å²) < 4.78 is 1.08. The molecule has 1 aromatic rings. The second-order valence-electron chi connectivity index (χ2n) is 7.10. The zero-order chi connectivity index (χ0) is 17.9. The van der Waals surface area contributed by atoms with E-state index in [1.165, 1.54) is 5.57 Å². The van der Waals surface area contributed by atoms with Crippen LogP contribution in [0.5, 0.6) is 11.5 Å². The summed E-state index contributed by atoms with van der Waals surface area (Å²) in [7, 11) is 0. The Labute approximate surface area is 154 Å². The quantitative estimate of drug-likeness (QED) is 0.424. The maximum absolute atomic E-state index is 10.7. The molecule has 24 heavy (non-hydrogen) atoms. The van der Waals surface area contributed by atoms with Crippen molar-refractivity contribution in [3.63, 3.8) is 0 Å². The summed E-state index contributed by atoms with van der Waals surface area (Å²) in [6.07, 6.45) is 6.31. The monoisotopic (exact) mass is 392 g/mol. The lowest BCUT2D eigenvalue weighted by molar-refractivity contribution is 0.404. The van der Waals surface area contributed by atoms with Crippen molar-refractivity contribution in [1.82, 2.24) is 0 Å². The molecular formula is C21H29BrO2. The Morgan fingerprint density at radius 2 is 1.88 bits per heavy atom. The number of phenols is 2. The van der Waals surface area contributed by atoms with E-state index in [1.807, 2.05) is 19.1 Å². The van der Waals surface area contributed by atoms with Crippen molar-refractivity contribution in [3.8, 4) is 11.5 Å². The molecule has 1 unspecified atom stereocenters. The van der Waals surface area contributed by atoms with Crippen molar-refractivity contribution < 1.29 is 10.2 Å². The maximum Gasteiger partial charge on any atom is 0.123 e. The summed E-state index contributed by atoms with van der Waals surface area (Å²) in [4.78, 5) is 0. The summed E-state index contributed by atoms with van der Waals surface area (Å²) in [6, 6.07) is 3.65. The first-order chi connectivity index (χ1) is 11.4. The van der Waals surface area contributed by atoms with Crippen molar-refractivity contribution in [2.45, 2.75) is 65.2 Å². The number of halogens is 1. The minimum atomic E-state index is -0.0547. The van der Waals surface area contributed by atoms with Crippen molar-refractivity contribution in [2.75, 3.05) is 0 Å². The van der Waals surface area contributed by atoms with Crippen LogP contribution in [0.1, 0.15) is 69.9 Å². The van der Waals surface area contributed by atoms with E-state index in [9.17, 15) is 10.2 Å². The molecule has 2 N–H and O–H groups in total. The van der Waals surface area contributed by atoms with Gasteiger partial charge in [0, 0.05) is 16.0 Å². The van der Waals surface area contributed by atoms with Gasteiger partial charge < -0.3 is 10.2 Å². The molecule has 0 heterocycles. The van der Waals surface area contributed by atoms with Gasteiger partial charge in [0.15, 0.2) is 0 Å². The zero-order valence-corrected chi connectivity index (χ0v) is 16.6. The van der Waals surface area contributed by atoms with E-state index in [0.717, 1.165) is 54.1 Å². The van der Waals surface area contributed by atoms with Crippen molar-refractivity contribution in [2.24, 2.45) is 5.92 Å². The van der Waals surface area contributed by atoms with Crippen LogP contribution >= 0.6 is 15.9 Å². The second-order valence-corrected chi connectivity index (χ2v) is 7.96. The smallest absolute Gasteiger partial charge is 0.123 e. The van der Waals surface area contributed by atoms with Crippen LogP contribution < -0.4 is 0 Å². The van der Waals surface area contributed by atoms with Crippen LogP contribution in [0.25, 0.3) is 0 Å². The maximum atomic E-state index is 10.7. The number of rotatable bonds is 6. The molecule has 0 aromatic heterocycles. The minimum Gasteiger partial charge on any atom is -0.507 e. The van der Waals surface area contributed by atoms with E-state index in [4.69, 9.17) is 0 Å². The minimum absolute atomic E-state index is 0.0547. The zero-order valence-electron chi connectivity index (χ0n) is 15.0. The van der Waals surface area contributed by atoms with Crippen LogP contribution in [0.2, 0.25) is 0 Å². The average molecular weight is 393 g/mol. The lowest BCUT2D eigenvalue weighted by atomic mass is 9.73. The summed E-state index contributed by atoms with van der Waals surface area (Å²) in [5.74, 6) is 0.570. The van der Waals surface area contributed by atoms with Crippen molar-refractivity contribution >= 4 is 15.9 Å². The lowest BCUT2D eigenvalue weighted by Gasteiger charge is -2.34. The largest absolute Gasteiger partial charge is 0.507 e. The van der Waals surface area contributed by atoms with Crippen molar-refractivity contribution in [1.29, 1.82) is 0 Å². The fraction of sp³-hybridized carbons (Fsp3) is 0.524. The number of phenolic OH excluding ortho intramolecular Hbond substituents is 2. The molecule has 132 valence electrons. The normalized spacial score (nSPS) is 21.2. The summed E-state index contributed by atoms with van der Waals surface area (Å²) in [5.41, 5.74) is 4.01. The van der Waals surface area contributed by atoms with Crippen LogP contribution in [-0.4, -0.2) is 10.2 Å². The Kier molecular flexibility index (Phi) is 6.56. The number of aryl methyl sites for hydroxylation is 1. The van der Waals surface area contributed by atoms with Gasteiger partial charge in [-0.15, -0.1) is 0 Å². The van der Waals surface area contributed by atoms with Gasteiger partial charge in [-0.25, -0.2) is 0 Å². The number of unbranched alkanes of at least 4 members (excludes halogenated alkanes) is 2. The van der Waals surface area contributed by atoms with Crippen LogP contribution in [0.4, 0.5) is 0 Å². The molecule has 0 bridgehead atoms. The first-order valence-electron chi connectivity index (χ1n) is 8.92. The van der Waals surface area contributed by atoms with E-state index >= 15 is 0 Å². The molecule has 0 amide bonds. The Morgan fingerprint density at radius 1 is 1.25 bits per heavy atom. The van der Waals surface area contributed by atoms with Crippen LogP contribution in [0.3, 0.4) is 0 Å². The third-order valence-corrected chi connectivity index (χ3v) is 6.29. The molecule has 2 nitrogen and oxygen atoms in total. The molecule has 0 aliphatic heterocycles. The lowest BCUT2D eigenvalue weighted by Crippen LogP contribution is -2.20. The predicted molar refractivity (Wildman–Crippen MR) is 105 cm³/mol. The molecule has 0 fully saturated rings. The molecule has 0 saturated heterocycles. The van der Waals surface area contributed by atoms with Gasteiger partial charge in [0.2, 0.25) is 0 Å². The Bertz CT molecular complexity index is 622. The van der Waals surface area contributed by atoms with Gasteiger partial charge in [0.05, 0.1) is 0 Å². The summed E-state index contributed by atoms with van der Waals surface area (Å²) in [6.45, 7) is 10.4. The SMILES string of the molecule is C=C(C)[C@@H]1CCC(C)=C(Br)C1c1c(O)cc(CCCCC)cc1O.